The van der Waals surface area contributed by atoms with Crippen LogP contribution in [0, 0.1) is 0 Å². The van der Waals surface area contributed by atoms with Crippen LogP contribution in [0.25, 0.3) is 10.9 Å². The third-order valence-corrected chi connectivity index (χ3v) is 4.91. The van der Waals surface area contributed by atoms with E-state index in [1.807, 2.05) is 24.4 Å². The SMILES string of the molecule is C[C@@]1(c2ccc(Cc3cnc4ccccc4c3)cc2)CCC(=O)N1. The first-order valence-corrected chi connectivity index (χ1v) is 8.36. The summed E-state index contributed by atoms with van der Waals surface area (Å²) >= 11 is 0. The summed E-state index contributed by atoms with van der Waals surface area (Å²) in [5, 5.41) is 4.26. The highest BCUT2D eigenvalue weighted by Crippen LogP contribution is 2.31. The van der Waals surface area contributed by atoms with Gasteiger partial charge < -0.3 is 5.32 Å². The normalized spacial score (nSPS) is 20.3. The highest BCUT2D eigenvalue weighted by molar-refractivity contribution is 5.80. The van der Waals surface area contributed by atoms with Gasteiger partial charge >= 0.3 is 0 Å². The minimum absolute atomic E-state index is 0.142. The van der Waals surface area contributed by atoms with Crippen molar-refractivity contribution in [3.63, 3.8) is 0 Å². The molecular formula is C21H20N2O. The van der Waals surface area contributed by atoms with Gasteiger partial charge in [-0.15, -0.1) is 0 Å². The van der Waals surface area contributed by atoms with Crippen molar-refractivity contribution >= 4 is 16.8 Å². The number of hydrogen-bond acceptors (Lipinski definition) is 2. The van der Waals surface area contributed by atoms with Gasteiger partial charge in [0, 0.05) is 18.0 Å². The molecule has 1 aromatic heterocycles. The van der Waals surface area contributed by atoms with Crippen LogP contribution >= 0.6 is 0 Å². The Morgan fingerprint density at radius 1 is 1.08 bits per heavy atom. The van der Waals surface area contributed by atoms with Gasteiger partial charge in [-0.2, -0.15) is 0 Å². The van der Waals surface area contributed by atoms with E-state index in [2.05, 4.69) is 53.6 Å². The molecule has 24 heavy (non-hydrogen) atoms. The fourth-order valence-electron chi connectivity index (χ4n) is 3.45. The van der Waals surface area contributed by atoms with Gasteiger partial charge in [0.25, 0.3) is 0 Å². The molecule has 0 bridgehead atoms. The van der Waals surface area contributed by atoms with E-state index in [4.69, 9.17) is 0 Å². The van der Waals surface area contributed by atoms with E-state index in [-0.39, 0.29) is 11.4 Å². The first-order chi connectivity index (χ1) is 11.6. The molecule has 0 radical (unpaired) electrons. The quantitative estimate of drug-likeness (QED) is 0.795. The molecular weight excluding hydrogens is 296 g/mol. The Kier molecular flexibility index (Phi) is 3.57. The first kappa shape index (κ1) is 14.9. The van der Waals surface area contributed by atoms with Gasteiger partial charge in [0.15, 0.2) is 0 Å². The van der Waals surface area contributed by atoms with E-state index in [0.717, 1.165) is 18.4 Å². The smallest absolute Gasteiger partial charge is 0.220 e. The monoisotopic (exact) mass is 316 g/mol. The lowest BCUT2D eigenvalue weighted by Gasteiger charge is -2.24. The van der Waals surface area contributed by atoms with Crippen LogP contribution < -0.4 is 5.32 Å². The molecule has 0 spiro atoms. The van der Waals surface area contributed by atoms with Gasteiger partial charge in [-0.25, -0.2) is 0 Å². The molecule has 0 unspecified atom stereocenters. The fraction of sp³-hybridized carbons (Fsp3) is 0.238. The Morgan fingerprint density at radius 2 is 1.88 bits per heavy atom. The number of carbonyl (C=O) groups excluding carboxylic acids is 1. The average molecular weight is 316 g/mol. The molecule has 3 nitrogen and oxygen atoms in total. The summed E-state index contributed by atoms with van der Waals surface area (Å²) in [4.78, 5) is 16.1. The van der Waals surface area contributed by atoms with Crippen LogP contribution in [0.15, 0.2) is 60.8 Å². The van der Waals surface area contributed by atoms with Crippen molar-refractivity contribution in [1.82, 2.24) is 10.3 Å². The van der Waals surface area contributed by atoms with Crippen LogP contribution in [0.4, 0.5) is 0 Å². The van der Waals surface area contributed by atoms with Crippen molar-refractivity contribution in [1.29, 1.82) is 0 Å². The highest BCUT2D eigenvalue weighted by Gasteiger charge is 2.34. The largest absolute Gasteiger partial charge is 0.347 e. The second-order valence-electron chi connectivity index (χ2n) is 6.79. The molecule has 1 aliphatic rings. The number of fused-ring (bicyclic) bond motifs is 1. The maximum absolute atomic E-state index is 11.5. The zero-order valence-electron chi connectivity index (χ0n) is 13.8. The Bertz CT molecular complexity index is 901. The molecule has 0 aliphatic carbocycles. The van der Waals surface area contributed by atoms with E-state index in [9.17, 15) is 4.79 Å². The lowest BCUT2D eigenvalue weighted by molar-refractivity contribution is -0.119. The second-order valence-corrected chi connectivity index (χ2v) is 6.79. The Hall–Kier alpha value is -2.68. The minimum atomic E-state index is -0.222. The Balaban J connectivity index is 1.55. The van der Waals surface area contributed by atoms with Crippen molar-refractivity contribution in [3.8, 4) is 0 Å². The molecule has 4 rings (SSSR count). The van der Waals surface area contributed by atoms with Crippen LogP contribution in [-0.4, -0.2) is 10.9 Å². The summed E-state index contributed by atoms with van der Waals surface area (Å²) in [6.07, 6.45) is 4.29. The molecule has 3 aromatic rings. The Morgan fingerprint density at radius 3 is 2.62 bits per heavy atom. The zero-order chi connectivity index (χ0) is 16.6. The maximum atomic E-state index is 11.5. The van der Waals surface area contributed by atoms with Crippen LogP contribution in [0.3, 0.4) is 0 Å². The van der Waals surface area contributed by atoms with E-state index in [0.29, 0.717) is 6.42 Å². The van der Waals surface area contributed by atoms with Gasteiger partial charge in [-0.05, 0) is 48.6 Å². The number of benzene rings is 2. The lowest BCUT2D eigenvalue weighted by atomic mass is 9.89. The molecule has 1 atom stereocenters. The molecule has 2 aromatic carbocycles. The van der Waals surface area contributed by atoms with E-state index in [1.165, 1.54) is 22.1 Å². The maximum Gasteiger partial charge on any atom is 0.220 e. The standard InChI is InChI=1S/C21H20N2O/c1-21(11-10-20(24)23-21)18-8-6-15(7-9-18)12-16-13-17-4-2-3-5-19(17)22-14-16/h2-9,13-14H,10-12H2,1H3,(H,23,24)/t21-/m0/s1. The van der Waals surface area contributed by atoms with Gasteiger partial charge in [0.2, 0.25) is 5.91 Å². The van der Waals surface area contributed by atoms with E-state index >= 15 is 0 Å². The van der Waals surface area contributed by atoms with Gasteiger partial charge in [-0.3, -0.25) is 9.78 Å². The highest BCUT2D eigenvalue weighted by atomic mass is 16.2. The van der Waals surface area contributed by atoms with Crippen molar-refractivity contribution in [3.05, 3.63) is 77.5 Å². The van der Waals surface area contributed by atoms with Gasteiger partial charge in [-0.1, -0.05) is 42.5 Å². The van der Waals surface area contributed by atoms with Crippen LogP contribution in [0.5, 0.6) is 0 Å². The van der Waals surface area contributed by atoms with Gasteiger partial charge in [0.05, 0.1) is 11.1 Å². The number of carbonyl (C=O) groups is 1. The molecule has 1 aliphatic heterocycles. The number of amides is 1. The van der Waals surface area contributed by atoms with Crippen molar-refractivity contribution in [2.45, 2.75) is 31.7 Å². The zero-order valence-corrected chi connectivity index (χ0v) is 13.8. The molecule has 3 heteroatoms. The van der Waals surface area contributed by atoms with Crippen molar-refractivity contribution < 1.29 is 4.79 Å². The number of aromatic nitrogens is 1. The summed E-state index contributed by atoms with van der Waals surface area (Å²) in [7, 11) is 0. The number of para-hydroxylation sites is 1. The van der Waals surface area contributed by atoms with E-state index < -0.39 is 0 Å². The van der Waals surface area contributed by atoms with Crippen molar-refractivity contribution in [2.24, 2.45) is 0 Å². The summed E-state index contributed by atoms with van der Waals surface area (Å²) in [6.45, 7) is 2.10. The summed E-state index contributed by atoms with van der Waals surface area (Å²) in [5.41, 5.74) is 4.45. The summed E-state index contributed by atoms with van der Waals surface area (Å²) < 4.78 is 0. The van der Waals surface area contributed by atoms with Gasteiger partial charge in [0.1, 0.15) is 0 Å². The average Bonchev–Trinajstić information content (AvgIpc) is 2.95. The molecule has 1 fully saturated rings. The third kappa shape index (κ3) is 2.78. The lowest BCUT2D eigenvalue weighted by Crippen LogP contribution is -2.35. The molecule has 0 saturated carbocycles. The van der Waals surface area contributed by atoms with E-state index in [1.54, 1.807) is 0 Å². The number of nitrogens with zero attached hydrogens (tertiary/aromatic N) is 1. The third-order valence-electron chi connectivity index (χ3n) is 4.91. The number of rotatable bonds is 3. The van der Waals surface area contributed by atoms with Crippen LogP contribution in [0.1, 0.15) is 36.5 Å². The molecule has 1 amide bonds. The fourth-order valence-corrected chi connectivity index (χ4v) is 3.45. The molecule has 1 saturated heterocycles. The molecule has 120 valence electrons. The summed E-state index contributed by atoms with van der Waals surface area (Å²) in [5.74, 6) is 0.142. The Labute approximate surface area is 141 Å². The molecule has 2 heterocycles. The van der Waals surface area contributed by atoms with Crippen LogP contribution in [-0.2, 0) is 16.8 Å². The number of hydrogen-bond donors (Lipinski definition) is 1. The van der Waals surface area contributed by atoms with Crippen LogP contribution in [0.2, 0.25) is 0 Å². The number of nitrogens with one attached hydrogen (secondary N) is 1. The topological polar surface area (TPSA) is 42.0 Å². The first-order valence-electron chi connectivity index (χ1n) is 8.36. The predicted molar refractivity (Wildman–Crippen MR) is 95.7 cm³/mol. The summed E-state index contributed by atoms with van der Waals surface area (Å²) in [6, 6.07) is 19.0. The minimum Gasteiger partial charge on any atom is -0.347 e. The number of pyridine rings is 1. The second kappa shape index (κ2) is 5.75. The van der Waals surface area contributed by atoms with Crippen molar-refractivity contribution in [2.75, 3.05) is 0 Å². The molecule has 1 N–H and O–H groups in total. The predicted octanol–water partition coefficient (Wildman–Crippen LogP) is 3.95.